The van der Waals surface area contributed by atoms with Crippen molar-refractivity contribution < 1.29 is 22.3 Å². The van der Waals surface area contributed by atoms with Crippen LogP contribution in [0.3, 0.4) is 0 Å². The average molecular weight is 498 g/mol. The van der Waals surface area contributed by atoms with E-state index >= 15 is 0 Å². The summed E-state index contributed by atoms with van der Waals surface area (Å²) in [4.78, 5) is 14.8. The summed E-state index contributed by atoms with van der Waals surface area (Å²) >= 11 is 0. The molecule has 1 atom stereocenters. The number of carbonyl (C=O) groups is 1. The van der Waals surface area contributed by atoms with E-state index in [0.29, 0.717) is 11.4 Å². The molecule has 0 aromatic heterocycles. The van der Waals surface area contributed by atoms with Gasteiger partial charge in [0, 0.05) is 18.8 Å². The van der Waals surface area contributed by atoms with E-state index in [2.05, 4.69) is 15.5 Å². The molecule has 2 N–H and O–H groups in total. The quantitative estimate of drug-likeness (QED) is 0.497. The smallest absolute Gasteiger partial charge is 0.319 e. The number of hydrogen-bond acceptors (Lipinski definition) is 5. The monoisotopic (exact) mass is 497 g/mol. The van der Waals surface area contributed by atoms with Crippen LogP contribution in [0.2, 0.25) is 0 Å². The number of methoxy groups -OCH3 is 1. The number of anilines is 1. The van der Waals surface area contributed by atoms with Crippen molar-refractivity contribution in [2.45, 2.75) is 36.7 Å². The second-order valence-corrected chi connectivity index (χ2v) is 10.7. The summed E-state index contributed by atoms with van der Waals surface area (Å²) in [6, 6.07) is 15.0. The molecule has 3 aromatic carbocycles. The van der Waals surface area contributed by atoms with Gasteiger partial charge in [-0.15, -0.1) is 0 Å². The molecule has 1 aliphatic heterocycles. The lowest BCUT2D eigenvalue weighted by Crippen LogP contribution is -2.31. The molecule has 0 bridgehead atoms. The molecule has 0 radical (unpaired) electrons. The Bertz CT molecular complexity index is 1340. The third-order valence-corrected chi connectivity index (χ3v) is 7.70. The number of ether oxygens (including phenoxy) is 1. The molecule has 7 nitrogen and oxygen atoms in total. The molecule has 0 spiro atoms. The lowest BCUT2D eigenvalue weighted by atomic mass is 10.1. The van der Waals surface area contributed by atoms with Gasteiger partial charge in [-0.2, -0.15) is 0 Å². The van der Waals surface area contributed by atoms with Crippen molar-refractivity contribution in [3.8, 4) is 5.75 Å². The SMILES string of the molecule is COc1cccc(F)c1C(C)NC(=O)Nc1ccc(S(=O)(=O)Cc2ccc3c(c2)CN(C)C3)cc1. The van der Waals surface area contributed by atoms with Gasteiger partial charge in [-0.05, 0) is 67.1 Å². The predicted octanol–water partition coefficient (Wildman–Crippen LogP) is 4.64. The molecular formula is C26H28FN3O4S. The highest BCUT2D eigenvalue weighted by Gasteiger charge is 2.21. The van der Waals surface area contributed by atoms with Gasteiger partial charge in [0.05, 0.1) is 29.4 Å². The molecule has 0 fully saturated rings. The topological polar surface area (TPSA) is 87.7 Å². The van der Waals surface area contributed by atoms with Gasteiger partial charge >= 0.3 is 6.03 Å². The minimum atomic E-state index is -3.55. The molecule has 0 saturated carbocycles. The zero-order valence-electron chi connectivity index (χ0n) is 19.8. The van der Waals surface area contributed by atoms with Crippen molar-refractivity contribution in [3.63, 3.8) is 0 Å². The first-order valence-electron chi connectivity index (χ1n) is 11.2. The normalized spacial score (nSPS) is 14.3. The van der Waals surface area contributed by atoms with Crippen LogP contribution in [0.5, 0.6) is 5.75 Å². The zero-order valence-corrected chi connectivity index (χ0v) is 20.7. The lowest BCUT2D eigenvalue weighted by molar-refractivity contribution is 0.249. The molecule has 1 unspecified atom stereocenters. The van der Waals surface area contributed by atoms with E-state index in [1.165, 1.54) is 49.1 Å². The van der Waals surface area contributed by atoms with Crippen LogP contribution >= 0.6 is 0 Å². The first kappa shape index (κ1) is 24.7. The minimum Gasteiger partial charge on any atom is -0.496 e. The van der Waals surface area contributed by atoms with Gasteiger partial charge in [0.25, 0.3) is 0 Å². The average Bonchev–Trinajstić information content (AvgIpc) is 3.18. The number of urea groups is 1. The van der Waals surface area contributed by atoms with Crippen LogP contribution in [-0.4, -0.2) is 33.5 Å². The number of fused-ring (bicyclic) bond motifs is 1. The van der Waals surface area contributed by atoms with Crippen LogP contribution in [0.1, 0.15) is 35.2 Å². The molecule has 184 valence electrons. The van der Waals surface area contributed by atoms with Crippen molar-refractivity contribution in [2.75, 3.05) is 19.5 Å². The Kier molecular flexibility index (Phi) is 7.09. The van der Waals surface area contributed by atoms with Gasteiger partial charge in [0.2, 0.25) is 0 Å². The van der Waals surface area contributed by atoms with Crippen LogP contribution in [0.25, 0.3) is 0 Å². The highest BCUT2D eigenvalue weighted by Crippen LogP contribution is 2.28. The molecule has 2 amide bonds. The molecule has 3 aromatic rings. The van der Waals surface area contributed by atoms with E-state index in [-0.39, 0.29) is 16.2 Å². The maximum absolute atomic E-state index is 14.2. The Labute approximate surface area is 204 Å². The highest BCUT2D eigenvalue weighted by atomic mass is 32.2. The Morgan fingerprint density at radius 3 is 2.51 bits per heavy atom. The van der Waals surface area contributed by atoms with Crippen LogP contribution in [0.15, 0.2) is 65.6 Å². The summed E-state index contributed by atoms with van der Waals surface area (Å²) in [6.07, 6.45) is 0. The Balaban J connectivity index is 1.40. The molecule has 4 rings (SSSR count). The number of nitrogens with zero attached hydrogens (tertiary/aromatic N) is 1. The lowest BCUT2D eigenvalue weighted by Gasteiger charge is -2.18. The molecule has 35 heavy (non-hydrogen) atoms. The number of nitrogens with one attached hydrogen (secondary N) is 2. The first-order valence-corrected chi connectivity index (χ1v) is 12.8. The second kappa shape index (κ2) is 10.1. The highest BCUT2D eigenvalue weighted by molar-refractivity contribution is 7.90. The first-order chi connectivity index (χ1) is 16.7. The van der Waals surface area contributed by atoms with E-state index in [1.54, 1.807) is 13.0 Å². The third kappa shape index (κ3) is 5.63. The Morgan fingerprint density at radius 2 is 1.80 bits per heavy atom. The van der Waals surface area contributed by atoms with Crippen molar-refractivity contribution in [2.24, 2.45) is 0 Å². The van der Waals surface area contributed by atoms with Crippen LogP contribution < -0.4 is 15.4 Å². The number of hydrogen-bond donors (Lipinski definition) is 2. The fraction of sp³-hybridized carbons (Fsp3) is 0.269. The van der Waals surface area contributed by atoms with Crippen LogP contribution in [0.4, 0.5) is 14.9 Å². The molecule has 0 saturated heterocycles. The van der Waals surface area contributed by atoms with Crippen molar-refractivity contribution >= 4 is 21.6 Å². The minimum absolute atomic E-state index is 0.0980. The van der Waals surface area contributed by atoms with Crippen molar-refractivity contribution in [1.82, 2.24) is 10.2 Å². The largest absolute Gasteiger partial charge is 0.496 e. The summed E-state index contributed by atoms with van der Waals surface area (Å²) in [5.41, 5.74) is 3.79. The third-order valence-electron chi connectivity index (χ3n) is 5.99. The molecular weight excluding hydrogens is 469 g/mol. The zero-order chi connectivity index (χ0) is 25.2. The standard InChI is InChI=1S/C26H28FN3O4S/c1-17(25-23(27)5-4-6-24(25)34-3)28-26(31)29-21-9-11-22(12-10-21)35(32,33)16-18-7-8-19-14-30(2)15-20(19)13-18/h4-13,17H,14-16H2,1-3H3,(H2,28,29,31). The number of sulfone groups is 1. The Morgan fingerprint density at radius 1 is 1.09 bits per heavy atom. The number of benzene rings is 3. The van der Waals surface area contributed by atoms with Crippen molar-refractivity contribution in [1.29, 1.82) is 0 Å². The summed E-state index contributed by atoms with van der Waals surface area (Å²) in [5, 5.41) is 5.32. The van der Waals surface area contributed by atoms with Gasteiger partial charge in [0.15, 0.2) is 9.84 Å². The maximum Gasteiger partial charge on any atom is 0.319 e. The van der Waals surface area contributed by atoms with Gasteiger partial charge in [-0.1, -0.05) is 24.3 Å². The van der Waals surface area contributed by atoms with Crippen LogP contribution in [-0.2, 0) is 28.7 Å². The number of carbonyl (C=O) groups excluding carboxylic acids is 1. The van der Waals surface area contributed by atoms with Crippen molar-refractivity contribution in [3.05, 3.63) is 88.7 Å². The molecule has 9 heteroatoms. The predicted molar refractivity (Wildman–Crippen MR) is 132 cm³/mol. The van der Waals surface area contributed by atoms with Crippen LogP contribution in [0, 0.1) is 5.82 Å². The summed E-state index contributed by atoms with van der Waals surface area (Å²) in [5.74, 6) is -0.246. The summed E-state index contributed by atoms with van der Waals surface area (Å²) in [6.45, 7) is 3.33. The Hall–Kier alpha value is -3.43. The van der Waals surface area contributed by atoms with E-state index in [9.17, 15) is 17.6 Å². The summed E-state index contributed by atoms with van der Waals surface area (Å²) < 4.78 is 45.3. The second-order valence-electron chi connectivity index (χ2n) is 8.73. The number of halogens is 1. The fourth-order valence-corrected chi connectivity index (χ4v) is 5.64. The van der Waals surface area contributed by atoms with E-state index < -0.39 is 27.7 Å². The van der Waals surface area contributed by atoms with Gasteiger partial charge in [-0.3, -0.25) is 4.90 Å². The molecule has 1 aliphatic rings. The molecule has 0 aliphatic carbocycles. The molecule has 1 heterocycles. The van der Waals surface area contributed by atoms with E-state index in [0.717, 1.165) is 24.2 Å². The van der Waals surface area contributed by atoms with E-state index in [1.807, 2.05) is 25.2 Å². The van der Waals surface area contributed by atoms with Gasteiger partial charge in [0.1, 0.15) is 11.6 Å². The van der Waals surface area contributed by atoms with Gasteiger partial charge in [-0.25, -0.2) is 17.6 Å². The number of rotatable bonds is 7. The maximum atomic E-state index is 14.2. The fourth-order valence-electron chi connectivity index (χ4n) is 4.31. The number of amides is 2. The van der Waals surface area contributed by atoms with E-state index in [4.69, 9.17) is 4.74 Å². The summed E-state index contributed by atoms with van der Waals surface area (Å²) in [7, 11) is -0.0889. The van der Waals surface area contributed by atoms with Gasteiger partial charge < -0.3 is 15.4 Å².